The van der Waals surface area contributed by atoms with Gasteiger partial charge in [-0.2, -0.15) is 0 Å². The number of hydrogen-bond acceptors (Lipinski definition) is 2. The van der Waals surface area contributed by atoms with Crippen LogP contribution in [-0.4, -0.2) is 29.1 Å². The normalized spacial score (nSPS) is 19.7. The summed E-state index contributed by atoms with van der Waals surface area (Å²) in [6, 6.07) is 3.56. The molecule has 3 nitrogen and oxygen atoms in total. The molecule has 1 amide bonds. The Hall–Kier alpha value is -1.42. The number of halogens is 1. The first kappa shape index (κ1) is 13.0. The number of rotatable bonds is 3. The quantitative estimate of drug-likeness (QED) is 0.889. The molecule has 1 saturated heterocycles. The van der Waals surface area contributed by atoms with Crippen LogP contribution in [0, 0.1) is 25.6 Å². The van der Waals surface area contributed by atoms with E-state index in [9.17, 15) is 9.18 Å². The first-order valence-electron chi connectivity index (χ1n) is 6.15. The monoisotopic (exact) mass is 251 g/mol. The number of amides is 1. The number of carbonyl (C=O) groups excluding carboxylic acids is 1. The fraction of sp³-hybridized carbons (Fsp3) is 0.500. The van der Waals surface area contributed by atoms with Crippen LogP contribution in [0.3, 0.4) is 0 Å². The Morgan fingerprint density at radius 2 is 2.00 bits per heavy atom. The van der Waals surface area contributed by atoms with Gasteiger partial charge in [0.1, 0.15) is 5.82 Å². The van der Waals surface area contributed by atoms with E-state index in [2.05, 4.69) is 0 Å². The van der Waals surface area contributed by atoms with Gasteiger partial charge in [-0.05, 0) is 30.5 Å². The summed E-state index contributed by atoms with van der Waals surface area (Å²) in [4.78, 5) is 13.5. The summed E-state index contributed by atoms with van der Waals surface area (Å²) < 4.78 is 13.5. The molecule has 1 aliphatic heterocycles. The summed E-state index contributed by atoms with van der Waals surface area (Å²) in [5.74, 6) is -0.0754. The highest BCUT2D eigenvalue weighted by molar-refractivity contribution is 5.78. The van der Waals surface area contributed by atoms with Gasteiger partial charge in [-0.25, -0.2) is 4.39 Å². The SMILES string of the molecule is Cc1cc(CN2CC(CO)CC2=O)cc(C)c1F. The molecule has 1 unspecified atom stereocenters. The highest BCUT2D eigenvalue weighted by Gasteiger charge is 2.28. The van der Waals surface area contributed by atoms with Gasteiger partial charge in [-0.15, -0.1) is 0 Å². The van der Waals surface area contributed by atoms with Crippen LogP contribution in [0.2, 0.25) is 0 Å². The molecule has 0 aliphatic carbocycles. The highest BCUT2D eigenvalue weighted by Crippen LogP contribution is 2.21. The van der Waals surface area contributed by atoms with Crippen molar-refractivity contribution in [3.63, 3.8) is 0 Å². The van der Waals surface area contributed by atoms with Crippen molar-refractivity contribution in [3.05, 3.63) is 34.6 Å². The molecule has 0 aromatic heterocycles. The number of benzene rings is 1. The van der Waals surface area contributed by atoms with Gasteiger partial charge >= 0.3 is 0 Å². The lowest BCUT2D eigenvalue weighted by Crippen LogP contribution is -2.25. The Morgan fingerprint density at radius 3 is 2.50 bits per heavy atom. The van der Waals surface area contributed by atoms with Crippen molar-refractivity contribution in [2.24, 2.45) is 5.92 Å². The van der Waals surface area contributed by atoms with E-state index in [-0.39, 0.29) is 24.2 Å². The summed E-state index contributed by atoms with van der Waals surface area (Å²) in [6.07, 6.45) is 0.412. The zero-order valence-electron chi connectivity index (χ0n) is 10.7. The second-order valence-electron chi connectivity index (χ2n) is 5.07. The van der Waals surface area contributed by atoms with Gasteiger partial charge < -0.3 is 10.0 Å². The third-order valence-corrected chi connectivity index (χ3v) is 3.42. The van der Waals surface area contributed by atoms with Crippen LogP contribution in [0.1, 0.15) is 23.1 Å². The van der Waals surface area contributed by atoms with Crippen LogP contribution in [0.25, 0.3) is 0 Å². The molecule has 1 heterocycles. The topological polar surface area (TPSA) is 40.5 Å². The molecular formula is C14H18FNO2. The van der Waals surface area contributed by atoms with Gasteiger partial charge in [0.25, 0.3) is 0 Å². The molecule has 0 saturated carbocycles. The van der Waals surface area contributed by atoms with E-state index in [0.717, 1.165) is 5.56 Å². The standard InChI is InChI=1S/C14H18FNO2/c1-9-3-11(4-10(2)14(9)15)6-16-7-12(8-17)5-13(16)18/h3-4,12,17H,5-8H2,1-2H3. The van der Waals surface area contributed by atoms with E-state index < -0.39 is 0 Å². The van der Waals surface area contributed by atoms with Crippen molar-refractivity contribution in [3.8, 4) is 0 Å². The van der Waals surface area contributed by atoms with Gasteiger partial charge in [0.15, 0.2) is 0 Å². The molecular weight excluding hydrogens is 233 g/mol. The van der Waals surface area contributed by atoms with Crippen LogP contribution in [0.4, 0.5) is 4.39 Å². The number of carbonyl (C=O) groups is 1. The van der Waals surface area contributed by atoms with E-state index in [1.807, 2.05) is 0 Å². The average Bonchev–Trinajstić information content (AvgIpc) is 2.67. The molecule has 1 fully saturated rings. The fourth-order valence-corrected chi connectivity index (χ4v) is 2.48. The van der Waals surface area contributed by atoms with E-state index in [0.29, 0.717) is 30.6 Å². The third-order valence-electron chi connectivity index (χ3n) is 3.42. The van der Waals surface area contributed by atoms with Crippen LogP contribution < -0.4 is 0 Å². The molecule has 0 spiro atoms. The minimum atomic E-state index is -0.181. The van der Waals surface area contributed by atoms with Crippen LogP contribution in [0.5, 0.6) is 0 Å². The molecule has 18 heavy (non-hydrogen) atoms. The number of aryl methyl sites for hydroxylation is 2. The van der Waals surface area contributed by atoms with Gasteiger partial charge in [0, 0.05) is 32.0 Å². The van der Waals surface area contributed by atoms with Gasteiger partial charge in [0.2, 0.25) is 5.91 Å². The minimum Gasteiger partial charge on any atom is -0.396 e. The van der Waals surface area contributed by atoms with Gasteiger partial charge in [0.05, 0.1) is 0 Å². The zero-order valence-corrected chi connectivity index (χ0v) is 10.7. The molecule has 1 atom stereocenters. The number of hydrogen-bond donors (Lipinski definition) is 1. The lowest BCUT2D eigenvalue weighted by molar-refractivity contribution is -0.128. The fourth-order valence-electron chi connectivity index (χ4n) is 2.48. The number of aliphatic hydroxyl groups excluding tert-OH is 1. The predicted octanol–water partition coefficient (Wildman–Crippen LogP) is 1.78. The first-order valence-corrected chi connectivity index (χ1v) is 6.15. The molecule has 98 valence electrons. The van der Waals surface area contributed by atoms with Crippen molar-refractivity contribution in [2.75, 3.05) is 13.2 Å². The Labute approximate surface area is 106 Å². The van der Waals surface area contributed by atoms with Crippen LogP contribution in [-0.2, 0) is 11.3 Å². The first-order chi connectivity index (χ1) is 8.51. The van der Waals surface area contributed by atoms with Crippen molar-refractivity contribution in [2.45, 2.75) is 26.8 Å². The molecule has 1 N–H and O–H groups in total. The van der Waals surface area contributed by atoms with Crippen molar-refractivity contribution < 1.29 is 14.3 Å². The Balaban J connectivity index is 2.13. The predicted molar refractivity (Wildman–Crippen MR) is 66.5 cm³/mol. The lowest BCUT2D eigenvalue weighted by atomic mass is 10.1. The summed E-state index contributed by atoms with van der Waals surface area (Å²) in [7, 11) is 0. The lowest BCUT2D eigenvalue weighted by Gasteiger charge is -2.17. The van der Waals surface area contributed by atoms with Crippen molar-refractivity contribution in [1.29, 1.82) is 0 Å². The third kappa shape index (κ3) is 2.53. The van der Waals surface area contributed by atoms with E-state index in [4.69, 9.17) is 5.11 Å². The van der Waals surface area contributed by atoms with Crippen molar-refractivity contribution in [1.82, 2.24) is 4.90 Å². The summed E-state index contributed by atoms with van der Waals surface area (Å²) in [6.45, 7) is 4.59. The van der Waals surface area contributed by atoms with Crippen molar-refractivity contribution >= 4 is 5.91 Å². The maximum Gasteiger partial charge on any atom is 0.223 e. The smallest absolute Gasteiger partial charge is 0.223 e. The van der Waals surface area contributed by atoms with Crippen LogP contribution in [0.15, 0.2) is 12.1 Å². The largest absolute Gasteiger partial charge is 0.396 e. The highest BCUT2D eigenvalue weighted by atomic mass is 19.1. The minimum absolute atomic E-state index is 0.0418. The molecule has 1 aromatic carbocycles. The molecule has 1 aromatic rings. The molecule has 2 rings (SSSR count). The maximum absolute atomic E-state index is 13.5. The second-order valence-corrected chi connectivity index (χ2v) is 5.07. The summed E-state index contributed by atoms with van der Waals surface area (Å²) >= 11 is 0. The Kier molecular flexibility index (Phi) is 3.66. The van der Waals surface area contributed by atoms with E-state index in [1.165, 1.54) is 0 Å². The number of aliphatic hydroxyl groups is 1. The average molecular weight is 251 g/mol. The van der Waals surface area contributed by atoms with Gasteiger partial charge in [-0.1, -0.05) is 12.1 Å². The molecule has 1 aliphatic rings. The summed E-state index contributed by atoms with van der Waals surface area (Å²) in [5.41, 5.74) is 2.16. The zero-order chi connectivity index (χ0) is 13.3. The maximum atomic E-state index is 13.5. The molecule has 4 heteroatoms. The molecule has 0 bridgehead atoms. The summed E-state index contributed by atoms with van der Waals surface area (Å²) in [5, 5.41) is 9.06. The number of nitrogens with zero attached hydrogens (tertiary/aromatic N) is 1. The molecule has 0 radical (unpaired) electrons. The van der Waals surface area contributed by atoms with E-state index in [1.54, 1.807) is 30.9 Å². The van der Waals surface area contributed by atoms with Gasteiger partial charge in [-0.3, -0.25) is 4.79 Å². The number of likely N-dealkylation sites (tertiary alicyclic amines) is 1. The Morgan fingerprint density at radius 1 is 1.39 bits per heavy atom. The van der Waals surface area contributed by atoms with Crippen LogP contribution >= 0.6 is 0 Å². The Bertz CT molecular complexity index is 450. The second kappa shape index (κ2) is 5.06. The van der Waals surface area contributed by atoms with E-state index >= 15 is 0 Å².